The number of nitro benzene ring substituents is 1. The van der Waals surface area contributed by atoms with E-state index in [2.05, 4.69) is 0 Å². The third kappa shape index (κ3) is 4.16. The highest BCUT2D eigenvalue weighted by Crippen LogP contribution is 2.27. The molecule has 3 aromatic rings. The summed E-state index contributed by atoms with van der Waals surface area (Å²) in [6.07, 6.45) is 0. The van der Waals surface area contributed by atoms with E-state index in [1.54, 1.807) is 48.5 Å². The molecular weight excluding hydrogens is 426 g/mol. The number of hydrogen-bond donors (Lipinski definition) is 0. The number of nitrogens with zero attached hydrogens (tertiary/aromatic N) is 3. The topological polar surface area (TPSA) is 110 Å². The Balaban J connectivity index is 1.68. The predicted octanol–water partition coefficient (Wildman–Crippen LogP) is 3.89. The van der Waals surface area contributed by atoms with Gasteiger partial charge in [-0.1, -0.05) is 12.1 Å². The molecule has 0 aromatic heterocycles. The first-order valence-corrected chi connectivity index (χ1v) is 10.1. The molecule has 0 aliphatic carbocycles. The molecule has 1 aliphatic rings. The summed E-state index contributed by atoms with van der Waals surface area (Å²) < 4.78 is 5.45. The van der Waals surface area contributed by atoms with Crippen molar-refractivity contribution in [2.75, 3.05) is 18.2 Å². The predicted molar refractivity (Wildman–Crippen MR) is 119 cm³/mol. The largest absolute Gasteiger partial charge is 0.494 e. The number of non-ortho nitro benzene ring substituents is 1. The van der Waals surface area contributed by atoms with Gasteiger partial charge in [-0.05, 0) is 55.5 Å². The minimum Gasteiger partial charge on any atom is -0.494 e. The average Bonchev–Trinajstić information content (AvgIpc) is 3.08. The van der Waals surface area contributed by atoms with E-state index in [4.69, 9.17) is 4.74 Å². The third-order valence-corrected chi connectivity index (χ3v) is 5.19. The first-order valence-electron chi connectivity index (χ1n) is 10.1. The van der Waals surface area contributed by atoms with Gasteiger partial charge < -0.3 is 4.74 Å². The van der Waals surface area contributed by atoms with Gasteiger partial charge in [0.2, 0.25) is 0 Å². The maximum Gasteiger partial charge on any atom is 0.269 e. The van der Waals surface area contributed by atoms with Crippen LogP contribution in [0.5, 0.6) is 5.75 Å². The molecule has 0 saturated carbocycles. The molecule has 0 fully saturated rings. The summed E-state index contributed by atoms with van der Waals surface area (Å²) in [6, 6.07) is 18.2. The van der Waals surface area contributed by atoms with E-state index in [-0.39, 0.29) is 29.0 Å². The van der Waals surface area contributed by atoms with Crippen LogP contribution in [0.15, 0.2) is 72.8 Å². The highest BCUT2D eigenvalue weighted by molar-refractivity contribution is 6.22. The average molecular weight is 445 g/mol. The van der Waals surface area contributed by atoms with Crippen LogP contribution < -0.4 is 9.64 Å². The van der Waals surface area contributed by atoms with Gasteiger partial charge in [-0.25, -0.2) is 0 Å². The Morgan fingerprint density at radius 1 is 0.939 bits per heavy atom. The number of anilines is 1. The lowest BCUT2D eigenvalue weighted by Crippen LogP contribution is -2.44. The van der Waals surface area contributed by atoms with Crippen LogP contribution in [0.25, 0.3) is 0 Å². The van der Waals surface area contributed by atoms with Crippen LogP contribution >= 0.6 is 0 Å². The Morgan fingerprint density at radius 3 is 2.03 bits per heavy atom. The second-order valence-corrected chi connectivity index (χ2v) is 7.19. The van der Waals surface area contributed by atoms with Crippen molar-refractivity contribution in [3.05, 3.63) is 99.6 Å². The van der Waals surface area contributed by atoms with Gasteiger partial charge in [0.05, 0.1) is 22.7 Å². The van der Waals surface area contributed by atoms with Gasteiger partial charge in [-0.3, -0.25) is 34.3 Å². The summed E-state index contributed by atoms with van der Waals surface area (Å²) in [7, 11) is 0. The number of amides is 3. The fourth-order valence-corrected chi connectivity index (χ4v) is 3.54. The Bertz CT molecular complexity index is 1200. The van der Waals surface area contributed by atoms with E-state index in [0.717, 1.165) is 4.90 Å². The van der Waals surface area contributed by atoms with Crippen LogP contribution in [0, 0.1) is 10.1 Å². The number of imide groups is 1. The molecular formula is C24H19N3O6. The van der Waals surface area contributed by atoms with Gasteiger partial charge in [-0.15, -0.1) is 0 Å². The van der Waals surface area contributed by atoms with Crippen molar-refractivity contribution in [2.45, 2.75) is 6.92 Å². The van der Waals surface area contributed by atoms with Crippen molar-refractivity contribution < 1.29 is 24.0 Å². The van der Waals surface area contributed by atoms with E-state index >= 15 is 0 Å². The van der Waals surface area contributed by atoms with Crippen molar-refractivity contribution in [3.63, 3.8) is 0 Å². The molecule has 1 aliphatic heterocycles. The van der Waals surface area contributed by atoms with Crippen LogP contribution in [0.1, 0.15) is 38.0 Å². The number of carbonyl (C=O) groups is 3. The molecule has 0 N–H and O–H groups in total. The molecule has 0 unspecified atom stereocenters. The number of rotatable bonds is 7. The van der Waals surface area contributed by atoms with Crippen LogP contribution in [0.3, 0.4) is 0 Å². The number of nitro groups is 1. The van der Waals surface area contributed by atoms with Gasteiger partial charge in [0.15, 0.2) is 0 Å². The van der Waals surface area contributed by atoms with Gasteiger partial charge in [-0.2, -0.15) is 0 Å². The lowest BCUT2D eigenvalue weighted by Gasteiger charge is -2.27. The normalized spacial score (nSPS) is 12.5. The Morgan fingerprint density at radius 2 is 1.52 bits per heavy atom. The van der Waals surface area contributed by atoms with Gasteiger partial charge in [0.1, 0.15) is 12.4 Å². The van der Waals surface area contributed by atoms with Crippen molar-refractivity contribution in [2.24, 2.45) is 0 Å². The zero-order chi connectivity index (χ0) is 23.5. The van der Waals surface area contributed by atoms with E-state index < -0.39 is 22.6 Å². The summed E-state index contributed by atoms with van der Waals surface area (Å²) in [5, 5.41) is 10.9. The summed E-state index contributed by atoms with van der Waals surface area (Å²) >= 11 is 0. The van der Waals surface area contributed by atoms with Gasteiger partial charge in [0, 0.05) is 23.4 Å². The minimum atomic E-state index is -0.558. The maximum absolute atomic E-state index is 13.4. The van der Waals surface area contributed by atoms with Crippen LogP contribution in [0.2, 0.25) is 0 Å². The third-order valence-electron chi connectivity index (χ3n) is 5.19. The molecule has 166 valence electrons. The van der Waals surface area contributed by atoms with E-state index in [1.165, 1.54) is 29.2 Å². The molecule has 33 heavy (non-hydrogen) atoms. The molecule has 1 heterocycles. The van der Waals surface area contributed by atoms with E-state index in [0.29, 0.717) is 18.0 Å². The molecule has 3 aromatic carbocycles. The Labute approximate surface area is 189 Å². The van der Waals surface area contributed by atoms with Crippen molar-refractivity contribution in [3.8, 4) is 5.75 Å². The van der Waals surface area contributed by atoms with Gasteiger partial charge >= 0.3 is 0 Å². The van der Waals surface area contributed by atoms with Crippen LogP contribution in [0.4, 0.5) is 11.4 Å². The SMILES string of the molecule is CCOc1ccc(N(CN2C(=O)c3ccccc3C2=O)C(=O)c2ccc([N+](=O)[O-])cc2)cc1. The van der Waals surface area contributed by atoms with E-state index in [1.807, 2.05) is 6.92 Å². The number of carbonyl (C=O) groups excluding carboxylic acids is 3. The first-order chi connectivity index (χ1) is 15.9. The molecule has 0 bridgehead atoms. The number of ether oxygens (including phenoxy) is 1. The molecule has 9 heteroatoms. The standard InChI is InChI=1S/C24H19N3O6/c1-2-33-19-13-11-17(12-14-19)25(22(28)16-7-9-18(10-8-16)27(31)32)15-26-23(29)20-5-3-4-6-21(20)24(26)30/h3-14H,2,15H2,1H3. The van der Waals surface area contributed by atoms with Crippen LogP contribution in [-0.2, 0) is 0 Å². The maximum atomic E-state index is 13.4. The monoisotopic (exact) mass is 445 g/mol. The molecule has 4 rings (SSSR count). The zero-order valence-electron chi connectivity index (χ0n) is 17.6. The molecule has 0 atom stereocenters. The highest BCUT2D eigenvalue weighted by Gasteiger charge is 2.37. The number of benzene rings is 3. The molecule has 0 saturated heterocycles. The van der Waals surface area contributed by atoms with Gasteiger partial charge in [0.25, 0.3) is 23.4 Å². The fraction of sp³-hybridized carbons (Fsp3) is 0.125. The van der Waals surface area contributed by atoms with Crippen molar-refractivity contribution in [1.82, 2.24) is 4.90 Å². The Kier molecular flexibility index (Phi) is 5.86. The van der Waals surface area contributed by atoms with Crippen LogP contribution in [-0.4, -0.2) is 40.8 Å². The van der Waals surface area contributed by atoms with Crippen molar-refractivity contribution in [1.29, 1.82) is 0 Å². The minimum absolute atomic E-state index is 0.153. The van der Waals surface area contributed by atoms with Crippen molar-refractivity contribution >= 4 is 29.1 Å². The number of hydrogen-bond acceptors (Lipinski definition) is 6. The zero-order valence-corrected chi connectivity index (χ0v) is 17.6. The second kappa shape index (κ2) is 8.91. The second-order valence-electron chi connectivity index (χ2n) is 7.19. The number of fused-ring (bicyclic) bond motifs is 1. The summed E-state index contributed by atoms with van der Waals surface area (Å²) in [6.45, 7) is 2.00. The molecule has 0 radical (unpaired) electrons. The smallest absolute Gasteiger partial charge is 0.269 e. The van der Waals surface area contributed by atoms with E-state index in [9.17, 15) is 24.5 Å². The molecule has 3 amide bonds. The summed E-state index contributed by atoms with van der Waals surface area (Å²) in [5.41, 5.74) is 0.998. The lowest BCUT2D eigenvalue weighted by molar-refractivity contribution is -0.384. The summed E-state index contributed by atoms with van der Waals surface area (Å²) in [4.78, 5) is 51.8. The molecule has 0 spiro atoms. The highest BCUT2D eigenvalue weighted by atomic mass is 16.6. The summed E-state index contributed by atoms with van der Waals surface area (Å²) in [5.74, 6) is -0.915. The quantitative estimate of drug-likeness (QED) is 0.310. The fourth-order valence-electron chi connectivity index (χ4n) is 3.54. The lowest BCUT2D eigenvalue weighted by atomic mass is 10.1. The first kappa shape index (κ1) is 21.7. The Hall–Kier alpha value is -4.53. The molecule has 9 nitrogen and oxygen atoms in total.